The van der Waals surface area contributed by atoms with E-state index in [1.807, 2.05) is 42.5 Å². The molecule has 0 fully saturated rings. The van der Waals surface area contributed by atoms with Gasteiger partial charge in [-0.05, 0) is 53.2 Å². The van der Waals surface area contributed by atoms with Gasteiger partial charge >= 0.3 is 0 Å². The fourth-order valence-corrected chi connectivity index (χ4v) is 3.77. The largest absolute Gasteiger partial charge is 0.322 e. The summed E-state index contributed by atoms with van der Waals surface area (Å²) in [6.45, 7) is 0. The quantitative estimate of drug-likeness (QED) is 0.335. The normalized spacial score (nSPS) is 11.5. The number of nitrogens with zero attached hydrogens (tertiary/aromatic N) is 4. The van der Waals surface area contributed by atoms with Crippen molar-refractivity contribution in [3.8, 4) is 17.1 Å². The van der Waals surface area contributed by atoms with E-state index in [9.17, 15) is 13.6 Å². The average molecular weight is 473 g/mol. The first-order valence-corrected chi connectivity index (χ1v) is 10.9. The van der Waals surface area contributed by atoms with Crippen LogP contribution in [-0.2, 0) is 5.66 Å². The molecule has 3 heterocycles. The molecule has 0 bridgehead atoms. The number of aromatic nitrogens is 4. The van der Waals surface area contributed by atoms with Crippen molar-refractivity contribution in [3.63, 3.8) is 0 Å². The van der Waals surface area contributed by atoms with Crippen molar-refractivity contribution >= 4 is 31.6 Å². The molecule has 9 heteroatoms. The fraction of sp³-hybridized carbons (Fsp3) is 0.0400. The standard InChI is InChI=1S/C25H18F2N5OP/c26-25(27,34)22-13-21(18-6-3-11-28-14-18)31-32(22)23-10-8-19(15-29-23)24(33)30-20-9-7-16-4-1-2-5-17(16)12-20/h1-15H,34H2,(H,30,33). The molecule has 5 rings (SSSR count). The van der Waals surface area contributed by atoms with Crippen LogP contribution in [0.3, 0.4) is 0 Å². The Labute approximate surface area is 195 Å². The zero-order valence-electron chi connectivity index (χ0n) is 17.7. The van der Waals surface area contributed by atoms with Gasteiger partial charge in [-0.1, -0.05) is 39.6 Å². The van der Waals surface area contributed by atoms with Crippen LogP contribution in [-0.4, -0.2) is 25.7 Å². The predicted octanol–water partition coefficient (Wildman–Crippen LogP) is 5.66. The summed E-state index contributed by atoms with van der Waals surface area (Å²) in [6.07, 6.45) is 4.47. The molecular weight excluding hydrogens is 455 g/mol. The number of benzene rings is 2. The first-order valence-electron chi connectivity index (χ1n) is 10.3. The van der Waals surface area contributed by atoms with Gasteiger partial charge in [-0.2, -0.15) is 13.9 Å². The molecule has 0 spiro atoms. The Kier molecular flexibility index (Phi) is 5.59. The maximum absolute atomic E-state index is 14.3. The predicted molar refractivity (Wildman–Crippen MR) is 130 cm³/mol. The summed E-state index contributed by atoms with van der Waals surface area (Å²) in [7, 11) is 1.52. The molecule has 0 saturated heterocycles. The van der Waals surface area contributed by atoms with E-state index in [-0.39, 0.29) is 23.0 Å². The van der Waals surface area contributed by atoms with Crippen LogP contribution in [0.15, 0.2) is 91.4 Å². The second kappa shape index (κ2) is 8.72. The summed E-state index contributed by atoms with van der Waals surface area (Å²) >= 11 is 0. The second-order valence-electron chi connectivity index (χ2n) is 7.61. The number of anilines is 1. The Morgan fingerprint density at radius 2 is 1.76 bits per heavy atom. The molecule has 0 aliphatic rings. The molecule has 6 nitrogen and oxygen atoms in total. The van der Waals surface area contributed by atoms with E-state index in [1.54, 1.807) is 24.5 Å². The van der Waals surface area contributed by atoms with Crippen LogP contribution in [0, 0.1) is 0 Å². The van der Waals surface area contributed by atoms with Crippen molar-refractivity contribution in [3.05, 3.63) is 103 Å². The third-order valence-corrected chi connectivity index (χ3v) is 5.54. The fourth-order valence-electron chi connectivity index (χ4n) is 3.56. The smallest absolute Gasteiger partial charge is 0.300 e. The summed E-state index contributed by atoms with van der Waals surface area (Å²) in [4.78, 5) is 20.9. The maximum atomic E-state index is 14.3. The Morgan fingerprint density at radius 1 is 0.941 bits per heavy atom. The first kappa shape index (κ1) is 21.8. The Bertz CT molecular complexity index is 1480. The average Bonchev–Trinajstić information content (AvgIpc) is 3.31. The third-order valence-electron chi connectivity index (χ3n) is 5.24. The van der Waals surface area contributed by atoms with E-state index in [4.69, 9.17) is 0 Å². The van der Waals surface area contributed by atoms with E-state index >= 15 is 0 Å². The van der Waals surface area contributed by atoms with Crippen LogP contribution >= 0.6 is 9.24 Å². The number of hydrogen-bond acceptors (Lipinski definition) is 4. The topological polar surface area (TPSA) is 72.7 Å². The number of alkyl halides is 2. The highest BCUT2D eigenvalue weighted by atomic mass is 31.0. The molecule has 3 aromatic heterocycles. The number of fused-ring (bicyclic) bond motifs is 1. The van der Waals surface area contributed by atoms with Crippen LogP contribution in [0.2, 0.25) is 0 Å². The minimum Gasteiger partial charge on any atom is -0.322 e. The van der Waals surface area contributed by atoms with Crippen LogP contribution in [0.5, 0.6) is 0 Å². The molecule has 0 aliphatic carbocycles. The van der Waals surface area contributed by atoms with Gasteiger partial charge in [-0.3, -0.25) is 9.78 Å². The van der Waals surface area contributed by atoms with Crippen molar-refractivity contribution in [2.75, 3.05) is 5.32 Å². The highest BCUT2D eigenvalue weighted by molar-refractivity contribution is 7.17. The van der Waals surface area contributed by atoms with Gasteiger partial charge in [-0.15, -0.1) is 0 Å². The van der Waals surface area contributed by atoms with Gasteiger partial charge in [-0.25, -0.2) is 9.67 Å². The molecule has 0 aliphatic heterocycles. The summed E-state index contributed by atoms with van der Waals surface area (Å²) in [5.41, 5.74) is -1.71. The van der Waals surface area contributed by atoms with Crippen LogP contribution in [0.4, 0.5) is 14.5 Å². The first-order chi connectivity index (χ1) is 16.4. The number of carbonyl (C=O) groups is 1. The number of halogens is 2. The molecule has 34 heavy (non-hydrogen) atoms. The molecule has 168 valence electrons. The molecule has 1 N–H and O–H groups in total. The van der Waals surface area contributed by atoms with Gasteiger partial charge in [0, 0.05) is 29.8 Å². The van der Waals surface area contributed by atoms with Crippen LogP contribution in [0.25, 0.3) is 27.8 Å². The summed E-state index contributed by atoms with van der Waals surface area (Å²) in [6, 6.07) is 21.2. The van der Waals surface area contributed by atoms with Crippen LogP contribution < -0.4 is 5.32 Å². The number of hydrogen-bond donors (Lipinski definition) is 1. The van der Waals surface area contributed by atoms with E-state index in [2.05, 4.69) is 20.4 Å². The minimum absolute atomic E-state index is 0.162. The lowest BCUT2D eigenvalue weighted by molar-refractivity contribution is 0.0953. The number of rotatable bonds is 5. The van der Waals surface area contributed by atoms with Crippen molar-refractivity contribution in [1.82, 2.24) is 19.7 Å². The monoisotopic (exact) mass is 473 g/mol. The summed E-state index contributed by atoms with van der Waals surface area (Å²) in [5.74, 6) is -0.197. The van der Waals surface area contributed by atoms with Crippen molar-refractivity contribution < 1.29 is 13.6 Å². The molecule has 1 unspecified atom stereocenters. The van der Waals surface area contributed by atoms with Crippen molar-refractivity contribution in [2.24, 2.45) is 0 Å². The third kappa shape index (κ3) is 4.40. The lowest BCUT2D eigenvalue weighted by Crippen LogP contribution is -2.15. The van der Waals surface area contributed by atoms with E-state index in [0.29, 0.717) is 16.9 Å². The van der Waals surface area contributed by atoms with Gasteiger partial charge in [0.15, 0.2) is 5.82 Å². The van der Waals surface area contributed by atoms with E-state index in [0.717, 1.165) is 15.5 Å². The van der Waals surface area contributed by atoms with Gasteiger partial charge < -0.3 is 5.32 Å². The Morgan fingerprint density at radius 3 is 2.47 bits per heavy atom. The van der Waals surface area contributed by atoms with Crippen LogP contribution in [0.1, 0.15) is 16.1 Å². The molecule has 5 aromatic rings. The zero-order valence-corrected chi connectivity index (χ0v) is 18.8. The SMILES string of the molecule is O=C(Nc1ccc2ccccc2c1)c1ccc(-n2nc(-c3cccnc3)cc2C(F)(F)P)nc1. The minimum atomic E-state index is -3.23. The zero-order chi connectivity index (χ0) is 23.7. The molecular formula is C25H18F2N5OP. The van der Waals surface area contributed by atoms with E-state index < -0.39 is 5.66 Å². The van der Waals surface area contributed by atoms with Gasteiger partial charge in [0.25, 0.3) is 11.6 Å². The molecule has 1 amide bonds. The summed E-state index contributed by atoms with van der Waals surface area (Å²) < 4.78 is 29.6. The lowest BCUT2D eigenvalue weighted by Gasteiger charge is -2.12. The number of carbonyl (C=O) groups excluding carboxylic acids is 1. The molecule has 0 radical (unpaired) electrons. The second-order valence-corrected chi connectivity index (χ2v) is 8.34. The van der Waals surface area contributed by atoms with Crippen molar-refractivity contribution in [2.45, 2.75) is 5.66 Å². The van der Waals surface area contributed by atoms with Crippen molar-refractivity contribution in [1.29, 1.82) is 0 Å². The number of amides is 1. The number of pyridine rings is 2. The highest BCUT2D eigenvalue weighted by Crippen LogP contribution is 2.37. The van der Waals surface area contributed by atoms with Gasteiger partial charge in [0.1, 0.15) is 5.69 Å². The molecule has 0 saturated carbocycles. The molecule has 2 aromatic carbocycles. The molecule has 1 atom stereocenters. The van der Waals surface area contributed by atoms with E-state index in [1.165, 1.54) is 33.6 Å². The maximum Gasteiger partial charge on any atom is 0.300 e. The Balaban J connectivity index is 1.42. The number of nitrogens with one attached hydrogen (secondary N) is 1. The lowest BCUT2D eigenvalue weighted by atomic mass is 10.1. The highest BCUT2D eigenvalue weighted by Gasteiger charge is 2.31. The van der Waals surface area contributed by atoms with Gasteiger partial charge in [0.2, 0.25) is 0 Å². The Hall–Kier alpha value is -4.03. The summed E-state index contributed by atoms with van der Waals surface area (Å²) in [5, 5.41) is 9.22. The van der Waals surface area contributed by atoms with Gasteiger partial charge in [0.05, 0.1) is 11.3 Å².